The maximum Gasteiger partial charge on any atom is 0.328 e. The predicted molar refractivity (Wildman–Crippen MR) is 96.7 cm³/mol. The molecule has 0 aromatic heterocycles. The number of benzene rings is 1. The molecule has 138 valence electrons. The van der Waals surface area contributed by atoms with Gasteiger partial charge in [0.1, 0.15) is 6.04 Å². The number of allylic oxidation sites excluding steroid dienone is 2. The fraction of sp³-hybridized carbons (Fsp3) is 0.400. The van der Waals surface area contributed by atoms with E-state index in [0.717, 1.165) is 35.5 Å². The molecule has 3 rings (SSSR count). The molecule has 1 aromatic carbocycles. The SMILES string of the molecule is CCC(/C=C/C(=O)N1CCC[C@@H]1C(=O)OC)=C\c1ccc2c(c1)OCO2. The topological polar surface area (TPSA) is 65.1 Å². The highest BCUT2D eigenvalue weighted by molar-refractivity contribution is 5.92. The zero-order valence-corrected chi connectivity index (χ0v) is 15.1. The highest BCUT2D eigenvalue weighted by Crippen LogP contribution is 2.33. The summed E-state index contributed by atoms with van der Waals surface area (Å²) in [6.07, 6.45) is 7.59. The zero-order chi connectivity index (χ0) is 18.5. The summed E-state index contributed by atoms with van der Waals surface area (Å²) >= 11 is 0. The van der Waals surface area contributed by atoms with Crippen LogP contribution in [0.2, 0.25) is 0 Å². The first kappa shape index (κ1) is 18.0. The normalized spacial score (nSPS) is 19.2. The van der Waals surface area contributed by atoms with Crippen LogP contribution in [0.4, 0.5) is 0 Å². The van der Waals surface area contributed by atoms with Gasteiger partial charge < -0.3 is 19.1 Å². The van der Waals surface area contributed by atoms with E-state index in [1.807, 2.05) is 31.2 Å². The molecular formula is C20H23NO5. The molecule has 1 fully saturated rings. The summed E-state index contributed by atoms with van der Waals surface area (Å²) in [4.78, 5) is 25.8. The molecule has 1 aromatic rings. The lowest BCUT2D eigenvalue weighted by atomic mass is 10.1. The molecule has 1 amide bonds. The van der Waals surface area contributed by atoms with E-state index in [2.05, 4.69) is 0 Å². The van der Waals surface area contributed by atoms with Gasteiger partial charge in [0.05, 0.1) is 7.11 Å². The molecule has 0 saturated carbocycles. The van der Waals surface area contributed by atoms with E-state index in [0.29, 0.717) is 13.0 Å². The molecule has 0 aliphatic carbocycles. The number of hydrogen-bond donors (Lipinski definition) is 0. The van der Waals surface area contributed by atoms with E-state index in [1.165, 1.54) is 13.2 Å². The van der Waals surface area contributed by atoms with Crippen molar-refractivity contribution in [3.63, 3.8) is 0 Å². The number of ether oxygens (including phenoxy) is 3. The van der Waals surface area contributed by atoms with Gasteiger partial charge in [-0.25, -0.2) is 4.79 Å². The minimum atomic E-state index is -0.472. The average molecular weight is 357 g/mol. The molecular weight excluding hydrogens is 334 g/mol. The second-order valence-corrected chi connectivity index (χ2v) is 6.23. The summed E-state index contributed by atoms with van der Waals surface area (Å²) < 4.78 is 15.5. The molecule has 6 nitrogen and oxygen atoms in total. The largest absolute Gasteiger partial charge is 0.467 e. The molecule has 2 aliphatic heterocycles. The van der Waals surface area contributed by atoms with Crippen molar-refractivity contribution in [1.29, 1.82) is 0 Å². The lowest BCUT2D eigenvalue weighted by molar-refractivity contribution is -0.149. The maximum absolute atomic E-state index is 12.5. The molecule has 0 unspecified atom stereocenters. The third-order valence-electron chi connectivity index (χ3n) is 4.61. The van der Waals surface area contributed by atoms with Crippen LogP contribution in [0.3, 0.4) is 0 Å². The quantitative estimate of drug-likeness (QED) is 0.461. The second kappa shape index (κ2) is 8.08. The van der Waals surface area contributed by atoms with Crippen LogP contribution in [0.1, 0.15) is 31.7 Å². The van der Waals surface area contributed by atoms with Crippen LogP contribution in [0.25, 0.3) is 6.08 Å². The number of esters is 1. The minimum absolute atomic E-state index is 0.164. The maximum atomic E-state index is 12.5. The van der Waals surface area contributed by atoms with E-state index in [9.17, 15) is 9.59 Å². The summed E-state index contributed by atoms with van der Waals surface area (Å²) in [5.74, 6) is 0.958. The number of hydrogen-bond acceptors (Lipinski definition) is 5. The Morgan fingerprint density at radius 1 is 1.27 bits per heavy atom. The Bertz CT molecular complexity index is 753. The summed E-state index contributed by atoms with van der Waals surface area (Å²) in [6, 6.07) is 5.27. The second-order valence-electron chi connectivity index (χ2n) is 6.23. The molecule has 6 heteroatoms. The van der Waals surface area contributed by atoms with Crippen LogP contribution in [-0.2, 0) is 14.3 Å². The fourth-order valence-corrected chi connectivity index (χ4v) is 3.17. The van der Waals surface area contributed by atoms with Crippen LogP contribution < -0.4 is 9.47 Å². The van der Waals surface area contributed by atoms with Crippen molar-refractivity contribution in [3.8, 4) is 11.5 Å². The Labute approximate surface area is 153 Å². The van der Waals surface area contributed by atoms with Crippen molar-refractivity contribution in [2.75, 3.05) is 20.4 Å². The molecule has 1 saturated heterocycles. The zero-order valence-electron chi connectivity index (χ0n) is 15.1. The lowest BCUT2D eigenvalue weighted by Crippen LogP contribution is -2.40. The number of fused-ring (bicyclic) bond motifs is 1. The Kier molecular flexibility index (Phi) is 5.61. The molecule has 2 aliphatic rings. The van der Waals surface area contributed by atoms with Gasteiger partial charge in [-0.2, -0.15) is 0 Å². The highest BCUT2D eigenvalue weighted by atomic mass is 16.7. The molecule has 26 heavy (non-hydrogen) atoms. The molecule has 0 spiro atoms. The molecule has 0 radical (unpaired) electrons. The summed E-state index contributed by atoms with van der Waals surface area (Å²) in [5, 5.41) is 0. The Morgan fingerprint density at radius 2 is 2.08 bits per heavy atom. The first-order valence-electron chi connectivity index (χ1n) is 8.79. The van der Waals surface area contributed by atoms with Gasteiger partial charge in [-0.1, -0.05) is 25.1 Å². The molecule has 2 heterocycles. The van der Waals surface area contributed by atoms with Gasteiger partial charge in [0, 0.05) is 12.6 Å². The summed E-state index contributed by atoms with van der Waals surface area (Å²) in [6.45, 7) is 2.85. The van der Waals surface area contributed by atoms with E-state index in [-0.39, 0.29) is 18.7 Å². The van der Waals surface area contributed by atoms with Crippen molar-refractivity contribution in [2.45, 2.75) is 32.2 Å². The van der Waals surface area contributed by atoms with Crippen LogP contribution in [0.5, 0.6) is 11.5 Å². The molecule has 0 bridgehead atoms. The van der Waals surface area contributed by atoms with Gasteiger partial charge in [-0.05, 0) is 42.5 Å². The van der Waals surface area contributed by atoms with Crippen LogP contribution in [0, 0.1) is 0 Å². The van der Waals surface area contributed by atoms with E-state index >= 15 is 0 Å². The van der Waals surface area contributed by atoms with Crippen LogP contribution >= 0.6 is 0 Å². The van der Waals surface area contributed by atoms with Gasteiger partial charge in [0.15, 0.2) is 11.5 Å². The highest BCUT2D eigenvalue weighted by Gasteiger charge is 2.33. The number of carbonyl (C=O) groups excluding carboxylic acids is 2. The average Bonchev–Trinajstić information content (AvgIpc) is 3.32. The van der Waals surface area contributed by atoms with Crippen LogP contribution in [-0.4, -0.2) is 43.3 Å². The van der Waals surface area contributed by atoms with Crippen molar-refractivity contribution in [3.05, 3.63) is 41.5 Å². The predicted octanol–water partition coefficient (Wildman–Crippen LogP) is 2.93. The monoisotopic (exact) mass is 357 g/mol. The number of rotatable bonds is 5. The number of methoxy groups -OCH3 is 1. The van der Waals surface area contributed by atoms with Gasteiger partial charge in [0.25, 0.3) is 0 Å². The van der Waals surface area contributed by atoms with E-state index in [4.69, 9.17) is 14.2 Å². The smallest absolute Gasteiger partial charge is 0.328 e. The summed E-state index contributed by atoms with van der Waals surface area (Å²) in [7, 11) is 1.35. The first-order chi connectivity index (χ1) is 12.6. The van der Waals surface area contributed by atoms with Gasteiger partial charge in [0.2, 0.25) is 12.7 Å². The third kappa shape index (κ3) is 3.90. The van der Waals surface area contributed by atoms with Crippen LogP contribution in [0.15, 0.2) is 35.9 Å². The number of nitrogens with zero attached hydrogens (tertiary/aromatic N) is 1. The number of carbonyl (C=O) groups is 2. The molecule has 0 N–H and O–H groups in total. The standard InChI is InChI=1S/C20H23NO5/c1-3-14(11-15-6-8-17-18(12-15)26-13-25-17)7-9-19(22)21-10-4-5-16(21)20(23)24-2/h6-9,11-12,16H,3-5,10,13H2,1-2H3/b9-7+,14-11+/t16-/m1/s1. The Morgan fingerprint density at radius 3 is 2.85 bits per heavy atom. The van der Waals surface area contributed by atoms with Gasteiger partial charge >= 0.3 is 5.97 Å². The van der Waals surface area contributed by atoms with Crippen molar-refractivity contribution < 1.29 is 23.8 Å². The Balaban J connectivity index is 1.71. The van der Waals surface area contributed by atoms with Crippen molar-refractivity contribution in [2.24, 2.45) is 0 Å². The Hall–Kier alpha value is -2.76. The number of likely N-dealkylation sites (tertiary alicyclic amines) is 1. The van der Waals surface area contributed by atoms with Gasteiger partial charge in [-0.3, -0.25) is 4.79 Å². The molecule has 1 atom stereocenters. The lowest BCUT2D eigenvalue weighted by Gasteiger charge is -2.21. The minimum Gasteiger partial charge on any atom is -0.467 e. The van der Waals surface area contributed by atoms with Gasteiger partial charge in [-0.15, -0.1) is 0 Å². The number of amides is 1. The first-order valence-corrected chi connectivity index (χ1v) is 8.79. The summed E-state index contributed by atoms with van der Waals surface area (Å²) in [5.41, 5.74) is 1.99. The fourth-order valence-electron chi connectivity index (χ4n) is 3.17. The van der Waals surface area contributed by atoms with E-state index in [1.54, 1.807) is 11.0 Å². The van der Waals surface area contributed by atoms with Crippen molar-refractivity contribution >= 4 is 18.0 Å². The van der Waals surface area contributed by atoms with Crippen molar-refractivity contribution in [1.82, 2.24) is 4.90 Å². The third-order valence-corrected chi connectivity index (χ3v) is 4.61. The van der Waals surface area contributed by atoms with E-state index < -0.39 is 6.04 Å².